The second-order valence-corrected chi connectivity index (χ2v) is 8.24. The second kappa shape index (κ2) is 8.83. The SMILES string of the molecule is COc1c(F)cccc1Nc1c2[nH]c3c1C(=O)NC[C@@H]3/C(C)=C\[C@@H](OC)COc1cnccc1-2. The Bertz CT molecular complexity index is 1290. The highest BCUT2D eigenvalue weighted by Gasteiger charge is 2.35. The smallest absolute Gasteiger partial charge is 0.255 e. The van der Waals surface area contributed by atoms with Crippen LogP contribution >= 0.6 is 0 Å². The fourth-order valence-corrected chi connectivity index (χ4v) is 4.53. The standard InChI is InChI=1S/C25H25FN4O4/c1-13-9-14(32-2)12-34-19-11-27-8-7-15(19)22-23(20-21(30-22)16(13)10-28-25(20)31)29-18-6-4-5-17(26)24(18)33-3/h4-9,11,14,16,29-30H,10,12H2,1-3H3,(H,28,31)/b13-9-/t14-,16-/m1/s1. The summed E-state index contributed by atoms with van der Waals surface area (Å²) in [7, 11) is 3.04. The fourth-order valence-electron chi connectivity index (χ4n) is 4.53. The van der Waals surface area contributed by atoms with Gasteiger partial charge in [-0.3, -0.25) is 9.78 Å². The van der Waals surface area contributed by atoms with Crippen LogP contribution in [-0.2, 0) is 4.74 Å². The molecule has 2 aromatic heterocycles. The molecule has 0 saturated heterocycles. The highest BCUT2D eigenvalue weighted by atomic mass is 19.1. The van der Waals surface area contributed by atoms with Gasteiger partial charge in [-0.15, -0.1) is 0 Å². The Labute approximate surface area is 196 Å². The van der Waals surface area contributed by atoms with Gasteiger partial charge < -0.3 is 29.8 Å². The van der Waals surface area contributed by atoms with Crippen molar-refractivity contribution in [1.29, 1.82) is 0 Å². The first kappa shape index (κ1) is 22.0. The minimum Gasteiger partial charge on any atom is -0.492 e. The summed E-state index contributed by atoms with van der Waals surface area (Å²) in [4.78, 5) is 20.8. The molecular formula is C25H25FN4O4. The number of fused-ring (bicyclic) bond motifs is 3. The van der Waals surface area contributed by atoms with E-state index < -0.39 is 5.82 Å². The molecule has 34 heavy (non-hydrogen) atoms. The molecule has 0 saturated carbocycles. The van der Waals surface area contributed by atoms with Crippen LogP contribution in [0.2, 0.25) is 0 Å². The van der Waals surface area contributed by atoms with Gasteiger partial charge in [0.05, 0.1) is 35.9 Å². The predicted octanol–water partition coefficient (Wildman–Crippen LogP) is 4.15. The third-order valence-corrected chi connectivity index (χ3v) is 6.26. The minimum absolute atomic E-state index is 0.0579. The molecule has 0 unspecified atom stereocenters. The third kappa shape index (κ3) is 3.67. The summed E-state index contributed by atoms with van der Waals surface area (Å²) in [5.74, 6) is -0.244. The number of nitrogens with zero attached hydrogens (tertiary/aromatic N) is 1. The van der Waals surface area contributed by atoms with Gasteiger partial charge in [0, 0.05) is 37.0 Å². The zero-order valence-electron chi connectivity index (χ0n) is 19.1. The van der Waals surface area contributed by atoms with E-state index in [-0.39, 0.29) is 23.7 Å². The van der Waals surface area contributed by atoms with Crippen molar-refractivity contribution in [3.05, 3.63) is 65.4 Å². The van der Waals surface area contributed by atoms with Gasteiger partial charge in [0.2, 0.25) is 0 Å². The topological polar surface area (TPSA) is 97.5 Å². The summed E-state index contributed by atoms with van der Waals surface area (Å²) in [5.41, 5.74) is 4.52. The highest BCUT2D eigenvalue weighted by Crippen LogP contribution is 2.45. The lowest BCUT2D eigenvalue weighted by atomic mass is 9.89. The van der Waals surface area contributed by atoms with Gasteiger partial charge in [-0.1, -0.05) is 17.7 Å². The Morgan fingerprint density at radius 2 is 2.12 bits per heavy atom. The molecule has 3 aromatic rings. The molecule has 4 heterocycles. The Balaban J connectivity index is 1.77. The van der Waals surface area contributed by atoms with Crippen LogP contribution in [0.1, 0.15) is 28.9 Å². The van der Waals surface area contributed by atoms with E-state index in [1.165, 1.54) is 13.2 Å². The first-order valence-corrected chi connectivity index (χ1v) is 10.9. The van der Waals surface area contributed by atoms with Crippen LogP contribution in [0.4, 0.5) is 15.8 Å². The highest BCUT2D eigenvalue weighted by molar-refractivity contribution is 6.07. The molecule has 1 amide bonds. The second-order valence-electron chi connectivity index (χ2n) is 8.24. The molecule has 0 spiro atoms. The van der Waals surface area contributed by atoms with Crippen molar-refractivity contribution in [2.45, 2.75) is 18.9 Å². The van der Waals surface area contributed by atoms with Crippen molar-refractivity contribution in [3.63, 3.8) is 0 Å². The molecule has 2 atom stereocenters. The first-order chi connectivity index (χ1) is 16.5. The molecular weight excluding hydrogens is 439 g/mol. The summed E-state index contributed by atoms with van der Waals surface area (Å²) in [6.07, 6.45) is 5.02. The minimum atomic E-state index is -0.507. The summed E-state index contributed by atoms with van der Waals surface area (Å²) < 4.78 is 31.4. The van der Waals surface area contributed by atoms with E-state index in [1.54, 1.807) is 31.6 Å². The number of halogens is 1. The number of carbonyl (C=O) groups is 1. The maximum absolute atomic E-state index is 14.4. The summed E-state index contributed by atoms with van der Waals surface area (Å²) in [6, 6.07) is 6.42. The Morgan fingerprint density at radius 1 is 1.26 bits per heavy atom. The monoisotopic (exact) mass is 464 g/mol. The van der Waals surface area contributed by atoms with Crippen LogP contribution in [0, 0.1) is 5.82 Å². The van der Waals surface area contributed by atoms with E-state index in [0.29, 0.717) is 47.1 Å². The van der Waals surface area contributed by atoms with Crippen molar-refractivity contribution in [2.24, 2.45) is 0 Å². The number of nitrogens with one attached hydrogen (secondary N) is 3. The summed E-state index contributed by atoms with van der Waals surface area (Å²) >= 11 is 0. The molecule has 2 aliphatic rings. The number of methoxy groups -OCH3 is 2. The lowest BCUT2D eigenvalue weighted by Gasteiger charge is -2.26. The number of hydrogen-bond acceptors (Lipinski definition) is 6. The molecule has 8 nitrogen and oxygen atoms in total. The molecule has 0 aliphatic carbocycles. The van der Waals surface area contributed by atoms with Crippen molar-refractivity contribution in [1.82, 2.24) is 15.3 Å². The molecule has 1 aromatic carbocycles. The van der Waals surface area contributed by atoms with E-state index >= 15 is 0 Å². The maximum atomic E-state index is 14.4. The lowest BCUT2D eigenvalue weighted by molar-refractivity contribution is 0.0906. The normalized spacial score (nSPS) is 20.7. The average molecular weight is 464 g/mol. The Hall–Kier alpha value is -3.85. The van der Waals surface area contributed by atoms with Gasteiger partial charge in [0.25, 0.3) is 5.91 Å². The number of anilines is 2. The van der Waals surface area contributed by atoms with Crippen LogP contribution in [0.15, 0.2) is 48.3 Å². The van der Waals surface area contributed by atoms with Crippen LogP contribution in [-0.4, -0.2) is 49.4 Å². The Kier molecular flexibility index (Phi) is 5.70. The number of para-hydroxylation sites is 1. The summed E-state index contributed by atoms with van der Waals surface area (Å²) in [5, 5.41) is 6.25. The number of H-pyrrole nitrogens is 1. The number of benzene rings is 1. The van der Waals surface area contributed by atoms with E-state index in [1.807, 2.05) is 19.1 Å². The number of hydrogen-bond donors (Lipinski definition) is 3. The number of ether oxygens (including phenoxy) is 3. The average Bonchev–Trinajstić information content (AvgIpc) is 3.20. The van der Waals surface area contributed by atoms with Crippen molar-refractivity contribution >= 4 is 17.3 Å². The maximum Gasteiger partial charge on any atom is 0.255 e. The molecule has 2 aliphatic heterocycles. The fraction of sp³-hybridized carbons (Fsp3) is 0.280. The van der Waals surface area contributed by atoms with Gasteiger partial charge in [-0.2, -0.15) is 0 Å². The van der Waals surface area contributed by atoms with Crippen molar-refractivity contribution < 1.29 is 23.4 Å². The van der Waals surface area contributed by atoms with E-state index in [9.17, 15) is 9.18 Å². The molecule has 0 fully saturated rings. The first-order valence-electron chi connectivity index (χ1n) is 10.9. The number of amides is 1. The van der Waals surface area contributed by atoms with Crippen LogP contribution in [0.3, 0.4) is 0 Å². The molecule has 2 bridgehead atoms. The van der Waals surface area contributed by atoms with Gasteiger partial charge in [0.1, 0.15) is 18.5 Å². The quantitative estimate of drug-likeness (QED) is 0.502. The van der Waals surface area contributed by atoms with Crippen LogP contribution < -0.4 is 20.1 Å². The number of aromatic amines is 1. The number of carbonyl (C=O) groups excluding carboxylic acids is 1. The van der Waals surface area contributed by atoms with Crippen molar-refractivity contribution in [3.8, 4) is 22.8 Å². The largest absolute Gasteiger partial charge is 0.492 e. The molecule has 9 heteroatoms. The van der Waals surface area contributed by atoms with E-state index in [2.05, 4.69) is 20.6 Å². The molecule has 5 rings (SSSR count). The zero-order chi connectivity index (χ0) is 23.8. The molecule has 3 N–H and O–H groups in total. The third-order valence-electron chi connectivity index (χ3n) is 6.26. The van der Waals surface area contributed by atoms with E-state index in [0.717, 1.165) is 11.3 Å². The number of rotatable bonds is 4. The number of aromatic nitrogens is 2. The lowest BCUT2D eigenvalue weighted by Crippen LogP contribution is -2.35. The van der Waals surface area contributed by atoms with Gasteiger partial charge in [-0.25, -0.2) is 4.39 Å². The predicted molar refractivity (Wildman–Crippen MR) is 125 cm³/mol. The van der Waals surface area contributed by atoms with Crippen molar-refractivity contribution in [2.75, 3.05) is 32.7 Å². The van der Waals surface area contributed by atoms with Gasteiger partial charge >= 0.3 is 0 Å². The molecule has 0 radical (unpaired) electrons. The Morgan fingerprint density at radius 3 is 2.91 bits per heavy atom. The number of pyridine rings is 1. The zero-order valence-corrected chi connectivity index (χ0v) is 19.1. The van der Waals surface area contributed by atoms with Gasteiger partial charge in [0.15, 0.2) is 11.6 Å². The van der Waals surface area contributed by atoms with Crippen LogP contribution in [0.25, 0.3) is 11.3 Å². The summed E-state index contributed by atoms with van der Waals surface area (Å²) in [6.45, 7) is 2.75. The van der Waals surface area contributed by atoms with E-state index in [4.69, 9.17) is 14.2 Å². The van der Waals surface area contributed by atoms with Gasteiger partial charge in [-0.05, 0) is 25.1 Å². The van der Waals surface area contributed by atoms with Crippen LogP contribution in [0.5, 0.6) is 11.5 Å². The molecule has 176 valence electrons.